The lowest BCUT2D eigenvalue weighted by Crippen LogP contribution is -2.33. The van der Waals surface area contributed by atoms with E-state index in [2.05, 4.69) is 20.8 Å². The van der Waals surface area contributed by atoms with E-state index in [9.17, 15) is 9.59 Å². The van der Waals surface area contributed by atoms with Crippen LogP contribution < -0.4 is 10.4 Å². The summed E-state index contributed by atoms with van der Waals surface area (Å²) in [7, 11) is 0. The summed E-state index contributed by atoms with van der Waals surface area (Å²) < 4.78 is 0. The molecule has 0 atom stereocenters. The van der Waals surface area contributed by atoms with Crippen LogP contribution in [0.5, 0.6) is 0 Å². The fourth-order valence-electron chi connectivity index (χ4n) is 3.00. The molecule has 0 aliphatic heterocycles. The molecule has 0 aromatic heterocycles. The number of hydroxylamine groups is 1. The molecule has 3 rings (SSSR count). The lowest BCUT2D eigenvalue weighted by atomic mass is 9.86. The lowest BCUT2D eigenvalue weighted by Gasteiger charge is -2.25. The number of amides is 2. The lowest BCUT2D eigenvalue weighted by molar-refractivity contribution is 0.0706. The number of carbonyl (C=O) groups is 2. The van der Waals surface area contributed by atoms with Crippen LogP contribution >= 0.6 is 0 Å². The van der Waals surface area contributed by atoms with E-state index in [1.807, 2.05) is 24.3 Å². The predicted octanol–water partition coefficient (Wildman–Crippen LogP) is 4.16. The molecule has 1 saturated carbocycles. The molecule has 0 radical (unpaired) electrons. The van der Waals surface area contributed by atoms with E-state index in [1.165, 1.54) is 0 Å². The Kier molecular flexibility index (Phi) is 5.33. The molecule has 2 N–H and O–H groups in total. The summed E-state index contributed by atoms with van der Waals surface area (Å²) in [6, 6.07) is 14.5. The van der Waals surface area contributed by atoms with Crippen molar-refractivity contribution in [1.29, 1.82) is 0 Å². The fourth-order valence-corrected chi connectivity index (χ4v) is 3.00. The third kappa shape index (κ3) is 4.55. The van der Waals surface area contributed by atoms with E-state index in [0.29, 0.717) is 23.6 Å². The van der Waals surface area contributed by atoms with E-state index < -0.39 is 5.91 Å². The van der Waals surface area contributed by atoms with E-state index in [0.717, 1.165) is 24.1 Å². The summed E-state index contributed by atoms with van der Waals surface area (Å²) in [5.74, 6) is -0.0768. The molecule has 2 aromatic rings. The van der Waals surface area contributed by atoms with Gasteiger partial charge in [0.05, 0.1) is 0 Å². The Bertz CT molecular complexity index is 833. The number of carbonyl (C=O) groups excluding carboxylic acids is 2. The van der Waals surface area contributed by atoms with Crippen LogP contribution in [0.3, 0.4) is 0 Å². The minimum absolute atomic E-state index is 0.0308. The van der Waals surface area contributed by atoms with E-state index in [4.69, 9.17) is 5.21 Å². The van der Waals surface area contributed by atoms with Gasteiger partial charge in [-0.2, -0.15) is 0 Å². The Balaban J connectivity index is 1.90. The maximum Gasteiger partial charge on any atom is 0.274 e. The van der Waals surface area contributed by atoms with Crippen LogP contribution in [0.25, 0.3) is 0 Å². The first-order chi connectivity index (χ1) is 12.8. The summed E-state index contributed by atoms with van der Waals surface area (Å²) in [5, 5.41) is 8.76. The molecule has 0 spiro atoms. The number of hydrogen-bond acceptors (Lipinski definition) is 3. The van der Waals surface area contributed by atoms with Gasteiger partial charge in [0.15, 0.2) is 0 Å². The van der Waals surface area contributed by atoms with Crippen molar-refractivity contribution in [3.05, 3.63) is 65.2 Å². The van der Waals surface area contributed by atoms with Gasteiger partial charge in [-0.15, -0.1) is 0 Å². The van der Waals surface area contributed by atoms with Crippen LogP contribution in [0.1, 0.15) is 59.9 Å². The molecule has 2 aromatic carbocycles. The SMILES string of the molecule is CC(C)(C)c1cccc(C(=O)N(CC2CC2)c2ccc(C(=O)NO)cc2)c1. The molecule has 1 fully saturated rings. The van der Waals surface area contributed by atoms with Crippen molar-refractivity contribution < 1.29 is 14.8 Å². The number of benzene rings is 2. The molecule has 142 valence electrons. The molecule has 0 saturated heterocycles. The zero-order chi connectivity index (χ0) is 19.6. The molecule has 5 nitrogen and oxygen atoms in total. The molecule has 5 heteroatoms. The highest BCUT2D eigenvalue weighted by Crippen LogP contribution is 2.32. The summed E-state index contributed by atoms with van der Waals surface area (Å²) in [4.78, 5) is 26.6. The van der Waals surface area contributed by atoms with E-state index in [1.54, 1.807) is 34.6 Å². The zero-order valence-corrected chi connectivity index (χ0v) is 16.0. The highest BCUT2D eigenvalue weighted by molar-refractivity contribution is 6.06. The average Bonchev–Trinajstić information content (AvgIpc) is 3.49. The molecular formula is C22H26N2O3. The van der Waals surface area contributed by atoms with Gasteiger partial charge in [-0.1, -0.05) is 32.9 Å². The Morgan fingerprint density at radius 2 is 1.74 bits per heavy atom. The zero-order valence-electron chi connectivity index (χ0n) is 16.0. The van der Waals surface area contributed by atoms with Crippen molar-refractivity contribution in [2.45, 2.75) is 39.0 Å². The van der Waals surface area contributed by atoms with Crippen LogP contribution in [0, 0.1) is 5.92 Å². The molecule has 1 aliphatic rings. The quantitative estimate of drug-likeness (QED) is 0.617. The van der Waals surface area contributed by atoms with Gasteiger partial charge in [0.2, 0.25) is 0 Å². The van der Waals surface area contributed by atoms with E-state index in [-0.39, 0.29) is 11.3 Å². The Morgan fingerprint density at radius 1 is 1.07 bits per heavy atom. The smallest absolute Gasteiger partial charge is 0.274 e. The topological polar surface area (TPSA) is 69.6 Å². The Hall–Kier alpha value is -2.66. The maximum atomic E-state index is 13.3. The van der Waals surface area contributed by atoms with Crippen LogP contribution in [0.2, 0.25) is 0 Å². The van der Waals surface area contributed by atoms with E-state index >= 15 is 0 Å². The summed E-state index contributed by atoms with van der Waals surface area (Å²) in [6.07, 6.45) is 2.27. The summed E-state index contributed by atoms with van der Waals surface area (Å²) >= 11 is 0. The monoisotopic (exact) mass is 366 g/mol. The summed E-state index contributed by atoms with van der Waals surface area (Å²) in [5.41, 5.74) is 4.47. The third-order valence-electron chi connectivity index (χ3n) is 4.90. The van der Waals surface area contributed by atoms with Crippen LogP contribution in [0.15, 0.2) is 48.5 Å². The first-order valence-electron chi connectivity index (χ1n) is 9.26. The first kappa shape index (κ1) is 19.1. The van der Waals surface area contributed by atoms with Crippen molar-refractivity contribution in [3.63, 3.8) is 0 Å². The average molecular weight is 366 g/mol. The Labute approximate surface area is 160 Å². The van der Waals surface area contributed by atoms with Crippen molar-refractivity contribution in [1.82, 2.24) is 5.48 Å². The molecule has 2 amide bonds. The number of anilines is 1. The van der Waals surface area contributed by atoms with Crippen LogP contribution in [-0.4, -0.2) is 23.6 Å². The van der Waals surface area contributed by atoms with Gasteiger partial charge in [-0.3, -0.25) is 14.8 Å². The predicted molar refractivity (Wildman–Crippen MR) is 105 cm³/mol. The minimum Gasteiger partial charge on any atom is -0.308 e. The normalized spacial score (nSPS) is 13.9. The number of hydrogen-bond donors (Lipinski definition) is 2. The number of nitrogens with zero attached hydrogens (tertiary/aromatic N) is 1. The first-order valence-corrected chi connectivity index (χ1v) is 9.26. The minimum atomic E-state index is -0.570. The highest BCUT2D eigenvalue weighted by atomic mass is 16.5. The highest BCUT2D eigenvalue weighted by Gasteiger charge is 2.29. The van der Waals surface area contributed by atoms with Crippen LogP contribution in [-0.2, 0) is 5.41 Å². The number of rotatable bonds is 5. The largest absolute Gasteiger partial charge is 0.308 e. The third-order valence-corrected chi connectivity index (χ3v) is 4.90. The molecule has 0 heterocycles. The molecule has 1 aliphatic carbocycles. The van der Waals surface area contributed by atoms with Gasteiger partial charge in [0.25, 0.3) is 11.8 Å². The summed E-state index contributed by atoms with van der Waals surface area (Å²) in [6.45, 7) is 7.06. The van der Waals surface area contributed by atoms with Gasteiger partial charge in [0.1, 0.15) is 0 Å². The van der Waals surface area contributed by atoms with Crippen molar-refractivity contribution in [3.8, 4) is 0 Å². The second kappa shape index (κ2) is 7.53. The number of nitrogens with one attached hydrogen (secondary N) is 1. The molecule has 0 unspecified atom stereocenters. The van der Waals surface area contributed by atoms with Gasteiger partial charge in [0, 0.05) is 23.4 Å². The molecule has 0 bridgehead atoms. The second-order valence-electron chi connectivity index (χ2n) is 8.18. The second-order valence-corrected chi connectivity index (χ2v) is 8.18. The fraction of sp³-hybridized carbons (Fsp3) is 0.364. The van der Waals surface area contributed by atoms with Gasteiger partial charge < -0.3 is 4.90 Å². The molecular weight excluding hydrogens is 340 g/mol. The maximum absolute atomic E-state index is 13.3. The van der Waals surface area contributed by atoms with Crippen molar-refractivity contribution >= 4 is 17.5 Å². The van der Waals surface area contributed by atoms with Crippen molar-refractivity contribution in [2.24, 2.45) is 5.92 Å². The van der Waals surface area contributed by atoms with Gasteiger partial charge >= 0.3 is 0 Å². The molecule has 27 heavy (non-hydrogen) atoms. The van der Waals surface area contributed by atoms with Crippen LogP contribution in [0.4, 0.5) is 5.69 Å². The Morgan fingerprint density at radius 3 is 2.30 bits per heavy atom. The standard InChI is InChI=1S/C22H26N2O3/c1-22(2,3)18-6-4-5-17(13-18)21(26)24(14-15-7-8-15)19-11-9-16(10-12-19)20(25)23-27/h4-6,9-13,15,27H,7-8,14H2,1-3H3,(H,23,25). The van der Waals surface area contributed by atoms with Gasteiger partial charge in [-0.25, -0.2) is 5.48 Å². The van der Waals surface area contributed by atoms with Gasteiger partial charge in [-0.05, 0) is 66.1 Å². The van der Waals surface area contributed by atoms with Crippen molar-refractivity contribution in [2.75, 3.05) is 11.4 Å².